The van der Waals surface area contributed by atoms with Crippen LogP contribution in [0.15, 0.2) is 60.7 Å². The highest BCUT2D eigenvalue weighted by Crippen LogP contribution is 2.28. The van der Waals surface area contributed by atoms with Crippen LogP contribution in [-0.2, 0) is 24.8 Å². The highest BCUT2D eigenvalue weighted by atomic mass is 19.2. The van der Waals surface area contributed by atoms with Gasteiger partial charge in [0.15, 0.2) is 11.6 Å². The molecule has 0 radical (unpaired) electrons. The lowest BCUT2D eigenvalue weighted by atomic mass is 9.87. The van der Waals surface area contributed by atoms with E-state index in [9.17, 15) is 13.6 Å². The van der Waals surface area contributed by atoms with E-state index in [1.54, 1.807) is 11.0 Å². The van der Waals surface area contributed by atoms with E-state index in [2.05, 4.69) is 56.4 Å². The van der Waals surface area contributed by atoms with Crippen molar-refractivity contribution in [3.8, 4) is 0 Å². The molecule has 0 unspecified atom stereocenters. The fraction of sp³-hybridized carbons (Fsp3) is 0.345. The van der Waals surface area contributed by atoms with Gasteiger partial charge in [0.25, 0.3) is 5.91 Å². The summed E-state index contributed by atoms with van der Waals surface area (Å²) in [5, 5.41) is 3.40. The van der Waals surface area contributed by atoms with E-state index < -0.39 is 11.6 Å². The minimum Gasteiger partial charge on any atom is -0.384 e. The number of halogens is 2. The molecule has 0 saturated carbocycles. The van der Waals surface area contributed by atoms with Crippen molar-refractivity contribution >= 4 is 11.6 Å². The average Bonchev–Trinajstić information content (AvgIpc) is 2.83. The number of nitrogens with zero attached hydrogens (tertiary/aromatic N) is 1. The molecule has 5 heteroatoms. The number of carbonyl (C=O) groups is 1. The molecular formula is C29H32F2N2O. The summed E-state index contributed by atoms with van der Waals surface area (Å²) in [6.07, 6.45) is 2.43. The fourth-order valence-corrected chi connectivity index (χ4v) is 4.40. The molecule has 3 aromatic rings. The van der Waals surface area contributed by atoms with E-state index in [-0.39, 0.29) is 11.3 Å². The number of hydrogen-bond donors (Lipinski definition) is 1. The van der Waals surface area contributed by atoms with E-state index in [0.717, 1.165) is 42.3 Å². The molecule has 1 N–H and O–H groups in total. The highest BCUT2D eigenvalue weighted by molar-refractivity contribution is 6.00. The van der Waals surface area contributed by atoms with Crippen LogP contribution in [0.4, 0.5) is 14.5 Å². The zero-order valence-corrected chi connectivity index (χ0v) is 20.1. The minimum absolute atomic E-state index is 0.0511. The molecule has 0 aromatic heterocycles. The Balaban J connectivity index is 1.60. The molecule has 34 heavy (non-hydrogen) atoms. The third kappa shape index (κ3) is 5.46. The van der Waals surface area contributed by atoms with Gasteiger partial charge in [-0.05, 0) is 65.1 Å². The molecular weight excluding hydrogens is 430 g/mol. The predicted molar refractivity (Wildman–Crippen MR) is 133 cm³/mol. The number of rotatable bonds is 6. The van der Waals surface area contributed by atoms with Crippen LogP contribution in [0, 0.1) is 11.6 Å². The average molecular weight is 463 g/mol. The normalized spacial score (nSPS) is 13.2. The molecule has 0 aliphatic carbocycles. The van der Waals surface area contributed by atoms with E-state index in [1.165, 1.54) is 11.6 Å². The molecule has 0 atom stereocenters. The van der Waals surface area contributed by atoms with Gasteiger partial charge >= 0.3 is 0 Å². The van der Waals surface area contributed by atoms with Crippen molar-refractivity contribution in [3.05, 3.63) is 100 Å². The van der Waals surface area contributed by atoms with Crippen LogP contribution in [0.2, 0.25) is 0 Å². The number of para-hydroxylation sites is 1. The molecule has 4 rings (SSSR count). The maximum atomic E-state index is 13.7. The first kappa shape index (κ1) is 23.9. The quantitative estimate of drug-likeness (QED) is 0.453. The second-order valence-corrected chi connectivity index (χ2v) is 10.0. The van der Waals surface area contributed by atoms with Gasteiger partial charge in [-0.3, -0.25) is 4.79 Å². The Labute approximate surface area is 200 Å². The maximum Gasteiger partial charge on any atom is 0.256 e. The van der Waals surface area contributed by atoms with Crippen LogP contribution in [0.5, 0.6) is 0 Å². The molecule has 1 aliphatic rings. The van der Waals surface area contributed by atoms with Crippen LogP contribution in [-0.4, -0.2) is 23.9 Å². The summed E-state index contributed by atoms with van der Waals surface area (Å²) in [4.78, 5) is 15.5. The van der Waals surface area contributed by atoms with E-state index >= 15 is 0 Å². The Morgan fingerprint density at radius 3 is 2.41 bits per heavy atom. The minimum atomic E-state index is -0.866. The van der Waals surface area contributed by atoms with Gasteiger partial charge in [0.1, 0.15) is 0 Å². The summed E-state index contributed by atoms with van der Waals surface area (Å²) >= 11 is 0. The van der Waals surface area contributed by atoms with Gasteiger partial charge in [0.05, 0.1) is 11.3 Å². The fourth-order valence-electron chi connectivity index (χ4n) is 4.40. The standard InChI is InChI=1S/C29H32F2N2O/c1-29(2,3)23-12-9-21(10-13-23)19-33(17-15-20-11-14-25(30)26(31)18-20)28(34)24-8-4-6-22-7-5-16-32-27(22)24/h4,6,8-14,18,32H,5,7,15-17,19H2,1-3H3. The van der Waals surface area contributed by atoms with Crippen LogP contribution < -0.4 is 5.32 Å². The van der Waals surface area contributed by atoms with Crippen molar-refractivity contribution in [1.29, 1.82) is 0 Å². The molecule has 0 fully saturated rings. The Bertz CT molecular complexity index is 1170. The Morgan fingerprint density at radius 2 is 1.71 bits per heavy atom. The summed E-state index contributed by atoms with van der Waals surface area (Å²) in [6, 6.07) is 18.1. The first-order valence-electron chi connectivity index (χ1n) is 11.9. The van der Waals surface area contributed by atoms with Gasteiger partial charge in [-0.15, -0.1) is 0 Å². The number of aryl methyl sites for hydroxylation is 1. The third-order valence-electron chi connectivity index (χ3n) is 6.44. The summed E-state index contributed by atoms with van der Waals surface area (Å²) in [5.41, 5.74) is 5.71. The van der Waals surface area contributed by atoms with E-state index in [1.807, 2.05) is 12.1 Å². The first-order chi connectivity index (χ1) is 16.2. The number of carbonyl (C=O) groups excluding carboxylic acids is 1. The molecule has 0 spiro atoms. The van der Waals surface area contributed by atoms with Crippen LogP contribution in [0.3, 0.4) is 0 Å². The van der Waals surface area contributed by atoms with Crippen molar-refractivity contribution in [2.75, 3.05) is 18.4 Å². The monoisotopic (exact) mass is 462 g/mol. The molecule has 0 saturated heterocycles. The van der Waals surface area contributed by atoms with Gasteiger partial charge in [0.2, 0.25) is 0 Å². The SMILES string of the molecule is CC(C)(C)c1ccc(CN(CCc2ccc(F)c(F)c2)C(=O)c2cccc3c2NCCC3)cc1. The molecule has 178 valence electrons. The predicted octanol–water partition coefficient (Wildman–Crippen LogP) is 6.51. The highest BCUT2D eigenvalue weighted by Gasteiger charge is 2.23. The second kappa shape index (κ2) is 9.96. The maximum absolute atomic E-state index is 13.7. The topological polar surface area (TPSA) is 32.3 Å². The Morgan fingerprint density at radius 1 is 0.971 bits per heavy atom. The number of hydrogen-bond acceptors (Lipinski definition) is 2. The summed E-state index contributed by atoms with van der Waals surface area (Å²) in [6.45, 7) is 8.20. The number of fused-ring (bicyclic) bond motifs is 1. The van der Waals surface area contributed by atoms with Gasteiger partial charge < -0.3 is 10.2 Å². The third-order valence-corrected chi connectivity index (χ3v) is 6.44. The lowest BCUT2D eigenvalue weighted by Crippen LogP contribution is -2.33. The molecule has 1 amide bonds. The lowest BCUT2D eigenvalue weighted by Gasteiger charge is -2.27. The summed E-state index contributed by atoms with van der Waals surface area (Å²) in [5.74, 6) is -1.79. The first-order valence-corrected chi connectivity index (χ1v) is 11.9. The number of nitrogens with one attached hydrogen (secondary N) is 1. The number of benzene rings is 3. The zero-order valence-electron chi connectivity index (χ0n) is 20.1. The Kier molecular flexibility index (Phi) is 7.01. The number of anilines is 1. The van der Waals surface area contributed by atoms with Gasteiger partial charge in [-0.1, -0.05) is 63.2 Å². The molecule has 0 bridgehead atoms. The lowest BCUT2D eigenvalue weighted by molar-refractivity contribution is 0.0746. The number of amides is 1. The van der Waals surface area contributed by atoms with Crippen molar-refractivity contribution < 1.29 is 13.6 Å². The van der Waals surface area contributed by atoms with Crippen molar-refractivity contribution in [2.45, 2.75) is 52.0 Å². The molecule has 3 aromatic carbocycles. The molecule has 1 heterocycles. The van der Waals surface area contributed by atoms with Crippen molar-refractivity contribution in [1.82, 2.24) is 4.90 Å². The van der Waals surface area contributed by atoms with Crippen molar-refractivity contribution in [3.63, 3.8) is 0 Å². The second-order valence-electron chi connectivity index (χ2n) is 10.0. The van der Waals surface area contributed by atoms with Gasteiger partial charge in [0, 0.05) is 19.6 Å². The van der Waals surface area contributed by atoms with Crippen LogP contribution in [0.1, 0.15) is 59.8 Å². The van der Waals surface area contributed by atoms with E-state index in [0.29, 0.717) is 30.6 Å². The van der Waals surface area contributed by atoms with Gasteiger partial charge in [-0.2, -0.15) is 0 Å². The molecule has 3 nitrogen and oxygen atoms in total. The smallest absolute Gasteiger partial charge is 0.256 e. The van der Waals surface area contributed by atoms with E-state index in [4.69, 9.17) is 0 Å². The van der Waals surface area contributed by atoms with Crippen molar-refractivity contribution in [2.24, 2.45) is 0 Å². The summed E-state index contributed by atoms with van der Waals surface area (Å²) < 4.78 is 27.1. The summed E-state index contributed by atoms with van der Waals surface area (Å²) in [7, 11) is 0. The van der Waals surface area contributed by atoms with Gasteiger partial charge in [-0.25, -0.2) is 8.78 Å². The molecule has 1 aliphatic heterocycles. The Hall–Kier alpha value is -3.21. The zero-order chi connectivity index (χ0) is 24.3. The van der Waals surface area contributed by atoms with Crippen LogP contribution in [0.25, 0.3) is 0 Å². The van der Waals surface area contributed by atoms with Crippen LogP contribution >= 0.6 is 0 Å². The largest absolute Gasteiger partial charge is 0.384 e.